The third-order valence-corrected chi connectivity index (χ3v) is 2.15. The first-order chi connectivity index (χ1) is 5.08. The van der Waals surface area contributed by atoms with Crippen molar-refractivity contribution in [3.63, 3.8) is 0 Å². The second-order valence-corrected chi connectivity index (χ2v) is 3.80. The van der Waals surface area contributed by atoms with Gasteiger partial charge in [-0.3, -0.25) is 0 Å². The summed E-state index contributed by atoms with van der Waals surface area (Å²) < 4.78 is 5.47. The van der Waals surface area contributed by atoms with Gasteiger partial charge in [-0.2, -0.15) is 0 Å². The van der Waals surface area contributed by atoms with Crippen LogP contribution in [0.25, 0.3) is 0 Å². The number of methoxy groups -OCH3 is 1. The molecule has 1 rings (SSSR count). The predicted octanol–water partition coefficient (Wildman–Crippen LogP) is -0.121. The van der Waals surface area contributed by atoms with Crippen LogP contribution in [0.5, 0.6) is 0 Å². The lowest BCUT2D eigenvalue weighted by molar-refractivity contribution is -0.124. The zero-order valence-corrected chi connectivity index (χ0v) is 7.92. The van der Waals surface area contributed by atoms with E-state index in [9.17, 15) is 0 Å². The molecule has 0 amide bonds. The van der Waals surface area contributed by atoms with Gasteiger partial charge >= 0.3 is 0 Å². The summed E-state index contributed by atoms with van der Waals surface area (Å²) in [6.07, 6.45) is 0. The average Bonchev–Trinajstić information content (AvgIpc) is 1.82. The number of hydrogen-bond donors (Lipinski definition) is 0. The summed E-state index contributed by atoms with van der Waals surface area (Å²) in [4.78, 5) is 4.45. The average molecular weight is 158 g/mol. The molecular weight excluding hydrogens is 140 g/mol. The molecule has 0 N–H and O–H groups in total. The Kier molecular flexibility index (Phi) is 2.52. The van der Waals surface area contributed by atoms with Crippen LogP contribution in [0.3, 0.4) is 0 Å². The molecule has 0 aliphatic carbocycles. The maximum Gasteiger partial charge on any atom is 0.106 e. The predicted molar refractivity (Wildman–Crippen MR) is 45.8 cm³/mol. The highest BCUT2D eigenvalue weighted by molar-refractivity contribution is 4.97. The Morgan fingerprint density at radius 2 is 2.00 bits per heavy atom. The van der Waals surface area contributed by atoms with Gasteiger partial charge in [0.25, 0.3) is 0 Å². The minimum absolute atomic E-state index is 0.109. The second-order valence-electron chi connectivity index (χ2n) is 3.80. The molecule has 0 aromatic carbocycles. The van der Waals surface area contributed by atoms with E-state index in [-0.39, 0.29) is 5.60 Å². The molecule has 1 saturated heterocycles. The van der Waals surface area contributed by atoms with E-state index in [0.29, 0.717) is 0 Å². The van der Waals surface area contributed by atoms with Crippen molar-refractivity contribution in [1.82, 2.24) is 9.80 Å². The second kappa shape index (κ2) is 3.09. The Labute approximate surface area is 68.9 Å². The van der Waals surface area contributed by atoms with Crippen molar-refractivity contribution in [3.05, 3.63) is 0 Å². The van der Waals surface area contributed by atoms with Gasteiger partial charge in [0.1, 0.15) is 5.60 Å². The molecule has 0 atom stereocenters. The zero-order valence-electron chi connectivity index (χ0n) is 7.92. The van der Waals surface area contributed by atoms with Gasteiger partial charge in [0.2, 0.25) is 0 Å². The molecular formula is C8H18N2O. The fraction of sp³-hybridized carbons (Fsp3) is 1.00. The van der Waals surface area contributed by atoms with Gasteiger partial charge in [0.15, 0.2) is 0 Å². The summed E-state index contributed by atoms with van der Waals surface area (Å²) in [5.41, 5.74) is 0.109. The van der Waals surface area contributed by atoms with Crippen LogP contribution >= 0.6 is 0 Å². The van der Waals surface area contributed by atoms with Crippen molar-refractivity contribution in [2.75, 3.05) is 47.9 Å². The SMILES string of the molecule is COC1(CN(C)C)CN(C)C1. The highest BCUT2D eigenvalue weighted by Gasteiger charge is 2.41. The molecule has 0 bridgehead atoms. The molecule has 0 radical (unpaired) electrons. The molecule has 0 unspecified atom stereocenters. The molecule has 3 heteroatoms. The van der Waals surface area contributed by atoms with E-state index < -0.39 is 0 Å². The van der Waals surface area contributed by atoms with E-state index in [4.69, 9.17) is 4.74 Å². The minimum Gasteiger partial charge on any atom is -0.374 e. The highest BCUT2D eigenvalue weighted by atomic mass is 16.5. The standard InChI is InChI=1S/C8H18N2O/c1-9(2)5-8(11-4)6-10(3)7-8/h5-7H2,1-4H3. The van der Waals surface area contributed by atoms with Crippen molar-refractivity contribution >= 4 is 0 Å². The smallest absolute Gasteiger partial charge is 0.106 e. The van der Waals surface area contributed by atoms with Crippen LogP contribution in [0.1, 0.15) is 0 Å². The maximum atomic E-state index is 5.47. The molecule has 66 valence electrons. The summed E-state index contributed by atoms with van der Waals surface area (Å²) in [6, 6.07) is 0. The van der Waals surface area contributed by atoms with E-state index in [2.05, 4.69) is 30.9 Å². The fourth-order valence-corrected chi connectivity index (χ4v) is 1.81. The Hall–Kier alpha value is -0.120. The molecule has 1 aliphatic heterocycles. The van der Waals surface area contributed by atoms with Gasteiger partial charge in [-0.25, -0.2) is 0 Å². The van der Waals surface area contributed by atoms with Crippen LogP contribution < -0.4 is 0 Å². The first-order valence-electron chi connectivity index (χ1n) is 3.96. The highest BCUT2D eigenvalue weighted by Crippen LogP contribution is 2.23. The molecule has 0 aromatic rings. The molecule has 1 aliphatic rings. The molecule has 1 heterocycles. The third-order valence-electron chi connectivity index (χ3n) is 2.15. The minimum atomic E-state index is 0.109. The fourth-order valence-electron chi connectivity index (χ4n) is 1.81. The van der Waals surface area contributed by atoms with Gasteiger partial charge < -0.3 is 14.5 Å². The monoisotopic (exact) mass is 158 g/mol. The summed E-state index contributed by atoms with van der Waals surface area (Å²) in [5.74, 6) is 0. The van der Waals surface area contributed by atoms with E-state index >= 15 is 0 Å². The van der Waals surface area contributed by atoms with E-state index in [1.807, 2.05) is 0 Å². The van der Waals surface area contributed by atoms with Crippen LogP contribution in [0.15, 0.2) is 0 Å². The van der Waals surface area contributed by atoms with Crippen molar-refractivity contribution in [2.24, 2.45) is 0 Å². The Morgan fingerprint density at radius 3 is 2.27 bits per heavy atom. The lowest BCUT2D eigenvalue weighted by Crippen LogP contribution is -2.65. The van der Waals surface area contributed by atoms with Gasteiger partial charge in [-0.15, -0.1) is 0 Å². The van der Waals surface area contributed by atoms with Crippen LogP contribution in [0.2, 0.25) is 0 Å². The first-order valence-corrected chi connectivity index (χ1v) is 3.96. The number of ether oxygens (including phenoxy) is 1. The maximum absolute atomic E-state index is 5.47. The molecule has 0 aromatic heterocycles. The normalized spacial score (nSPS) is 23.7. The zero-order chi connectivity index (χ0) is 8.48. The quantitative estimate of drug-likeness (QED) is 0.569. The summed E-state index contributed by atoms with van der Waals surface area (Å²) in [5, 5.41) is 0. The summed E-state index contributed by atoms with van der Waals surface area (Å²) in [7, 11) is 8.08. The number of rotatable bonds is 3. The van der Waals surface area contributed by atoms with E-state index in [1.165, 1.54) is 0 Å². The van der Waals surface area contributed by atoms with Crippen LogP contribution in [-0.2, 0) is 4.74 Å². The van der Waals surface area contributed by atoms with E-state index in [0.717, 1.165) is 19.6 Å². The molecule has 3 nitrogen and oxygen atoms in total. The van der Waals surface area contributed by atoms with Crippen LogP contribution in [-0.4, -0.2) is 63.3 Å². The van der Waals surface area contributed by atoms with E-state index in [1.54, 1.807) is 7.11 Å². The molecule has 0 saturated carbocycles. The number of nitrogens with zero attached hydrogens (tertiary/aromatic N) is 2. The van der Waals surface area contributed by atoms with Crippen molar-refractivity contribution in [2.45, 2.75) is 5.60 Å². The number of likely N-dealkylation sites (N-methyl/N-ethyl adjacent to an activating group) is 2. The van der Waals surface area contributed by atoms with Crippen LogP contribution in [0.4, 0.5) is 0 Å². The van der Waals surface area contributed by atoms with Crippen molar-refractivity contribution in [1.29, 1.82) is 0 Å². The Balaban J connectivity index is 2.38. The van der Waals surface area contributed by atoms with Crippen molar-refractivity contribution < 1.29 is 4.74 Å². The summed E-state index contributed by atoms with van der Waals surface area (Å²) >= 11 is 0. The lowest BCUT2D eigenvalue weighted by Gasteiger charge is -2.48. The largest absolute Gasteiger partial charge is 0.374 e. The van der Waals surface area contributed by atoms with Crippen LogP contribution in [0, 0.1) is 0 Å². The van der Waals surface area contributed by atoms with Gasteiger partial charge in [-0.05, 0) is 21.1 Å². The summed E-state index contributed by atoms with van der Waals surface area (Å²) in [6.45, 7) is 3.14. The first kappa shape index (κ1) is 8.97. The van der Waals surface area contributed by atoms with Gasteiger partial charge in [0, 0.05) is 26.7 Å². The number of hydrogen-bond acceptors (Lipinski definition) is 3. The Morgan fingerprint density at radius 1 is 1.45 bits per heavy atom. The van der Waals surface area contributed by atoms with Gasteiger partial charge in [-0.1, -0.05) is 0 Å². The molecule has 11 heavy (non-hydrogen) atoms. The topological polar surface area (TPSA) is 15.7 Å². The third kappa shape index (κ3) is 1.92. The Bertz CT molecular complexity index is 130. The van der Waals surface area contributed by atoms with Gasteiger partial charge in [0.05, 0.1) is 0 Å². The van der Waals surface area contributed by atoms with Crippen molar-refractivity contribution in [3.8, 4) is 0 Å². The molecule has 1 fully saturated rings. The lowest BCUT2D eigenvalue weighted by atomic mass is 9.94. The number of likely N-dealkylation sites (tertiary alicyclic amines) is 1. The molecule has 0 spiro atoms.